The first-order valence-corrected chi connectivity index (χ1v) is 10.9. The molecule has 0 unspecified atom stereocenters. The third-order valence-electron chi connectivity index (χ3n) is 4.30. The average molecular weight is 375 g/mol. The van der Waals surface area contributed by atoms with Crippen molar-refractivity contribution in [3.05, 3.63) is 0 Å². The quantitative estimate of drug-likeness (QED) is 0.158. The number of hydrogen-bond acceptors (Lipinski definition) is 3. The molecule has 0 bridgehead atoms. The highest BCUT2D eigenvalue weighted by Gasteiger charge is 2.01. The van der Waals surface area contributed by atoms with Gasteiger partial charge >= 0.3 is 0 Å². The van der Waals surface area contributed by atoms with E-state index in [0.717, 1.165) is 6.42 Å². The monoisotopic (exact) mass is 374 g/mol. The van der Waals surface area contributed by atoms with Gasteiger partial charge in [0.1, 0.15) is 0 Å². The second-order valence-electron chi connectivity index (χ2n) is 6.71. The van der Waals surface area contributed by atoms with Crippen molar-refractivity contribution >= 4 is 35.0 Å². The van der Waals surface area contributed by atoms with Gasteiger partial charge in [0.15, 0.2) is 10.2 Å². The molecule has 0 N–H and O–H groups in total. The Bertz CT molecular complexity index is 306. The molecule has 0 radical (unpaired) electrons. The zero-order chi connectivity index (χ0) is 17.9. The molecule has 2 nitrogen and oxygen atoms in total. The predicted octanol–water partition coefficient (Wildman–Crippen LogP) is 7.05. The molecule has 0 saturated heterocycles. The van der Waals surface area contributed by atoms with Crippen LogP contribution in [0.5, 0.6) is 0 Å². The second-order valence-corrected chi connectivity index (χ2v) is 7.66. The summed E-state index contributed by atoms with van der Waals surface area (Å²) >= 11 is 8.78. The molecular formula is C20H38O2S2. The van der Waals surface area contributed by atoms with Crippen molar-refractivity contribution in [2.75, 3.05) is 6.61 Å². The van der Waals surface area contributed by atoms with Gasteiger partial charge in [0.25, 0.3) is 0 Å². The lowest BCUT2D eigenvalue weighted by molar-refractivity contribution is -0.110. The number of carbonyl (C=O) groups excluding carboxylic acids is 1. The number of carbonyl (C=O) groups is 1. The topological polar surface area (TPSA) is 26.3 Å². The Labute approximate surface area is 160 Å². The molecule has 0 spiro atoms. The van der Waals surface area contributed by atoms with Crippen molar-refractivity contribution in [1.29, 1.82) is 0 Å². The summed E-state index contributed by atoms with van der Waals surface area (Å²) in [7, 11) is 0. The Morgan fingerprint density at radius 1 is 0.750 bits per heavy atom. The molecule has 0 aliphatic rings. The Morgan fingerprint density at radius 3 is 1.58 bits per heavy atom. The van der Waals surface area contributed by atoms with Crippen LogP contribution in [0.4, 0.5) is 0 Å². The molecule has 0 aromatic carbocycles. The van der Waals surface area contributed by atoms with Gasteiger partial charge in [0.05, 0.1) is 6.61 Å². The van der Waals surface area contributed by atoms with Gasteiger partial charge in [0, 0.05) is 12.8 Å². The molecule has 24 heavy (non-hydrogen) atoms. The van der Waals surface area contributed by atoms with E-state index in [1.807, 2.05) is 0 Å². The molecule has 0 aromatic heterocycles. The van der Waals surface area contributed by atoms with Gasteiger partial charge in [-0.3, -0.25) is 4.79 Å². The van der Waals surface area contributed by atoms with Crippen LogP contribution in [0.25, 0.3) is 0 Å². The number of unbranched alkanes of at least 4 members (excludes halogenated alkanes) is 13. The minimum Gasteiger partial charge on any atom is -0.487 e. The minimum atomic E-state index is -0.127. The third-order valence-corrected chi connectivity index (χ3v) is 4.85. The van der Waals surface area contributed by atoms with Crippen molar-refractivity contribution in [2.24, 2.45) is 0 Å². The fourth-order valence-electron chi connectivity index (χ4n) is 2.76. The van der Waals surface area contributed by atoms with Gasteiger partial charge in [-0.2, -0.15) is 0 Å². The molecule has 0 amide bonds. The van der Waals surface area contributed by atoms with Crippen LogP contribution in [-0.4, -0.2) is 16.8 Å². The maximum atomic E-state index is 10.7. The zero-order valence-electron chi connectivity index (χ0n) is 15.7. The Morgan fingerprint density at radius 2 is 1.17 bits per heavy atom. The van der Waals surface area contributed by atoms with Crippen LogP contribution in [0.1, 0.15) is 110 Å². The highest BCUT2D eigenvalue weighted by Crippen LogP contribution is 2.13. The van der Waals surface area contributed by atoms with Crippen molar-refractivity contribution < 1.29 is 9.53 Å². The van der Waals surface area contributed by atoms with Gasteiger partial charge in [0.2, 0.25) is 0 Å². The summed E-state index contributed by atoms with van der Waals surface area (Å²) in [6.45, 7) is 2.97. The molecule has 0 rings (SSSR count). The molecule has 0 aliphatic carbocycles. The van der Waals surface area contributed by atoms with Gasteiger partial charge in [-0.15, -0.1) is 12.6 Å². The van der Waals surface area contributed by atoms with Gasteiger partial charge in [-0.05, 0) is 18.6 Å². The molecule has 142 valence electrons. The van der Waals surface area contributed by atoms with E-state index >= 15 is 0 Å². The number of thiocarbonyl (C=S) groups is 1. The van der Waals surface area contributed by atoms with Crippen LogP contribution in [0.2, 0.25) is 0 Å². The lowest BCUT2D eigenvalue weighted by atomic mass is 10.0. The maximum Gasteiger partial charge on any atom is 0.186 e. The first-order valence-electron chi connectivity index (χ1n) is 10.0. The van der Waals surface area contributed by atoms with E-state index in [1.54, 1.807) is 0 Å². The summed E-state index contributed by atoms with van der Waals surface area (Å²) in [4.78, 5) is 10.7. The van der Waals surface area contributed by atoms with Crippen LogP contribution >= 0.6 is 24.8 Å². The number of ether oxygens (including phenoxy) is 1. The summed E-state index contributed by atoms with van der Waals surface area (Å²) in [5.74, 6) is 0. The lowest BCUT2D eigenvalue weighted by Crippen LogP contribution is -2.04. The van der Waals surface area contributed by atoms with Crippen molar-refractivity contribution in [2.45, 2.75) is 110 Å². The number of thiol groups is 1. The lowest BCUT2D eigenvalue weighted by Gasteiger charge is -2.06. The van der Waals surface area contributed by atoms with E-state index in [4.69, 9.17) is 17.0 Å². The average Bonchev–Trinajstić information content (AvgIpc) is 2.56. The van der Waals surface area contributed by atoms with Crippen LogP contribution in [0, 0.1) is 0 Å². The molecule has 0 fully saturated rings. The zero-order valence-corrected chi connectivity index (χ0v) is 17.4. The first-order chi connectivity index (χ1) is 11.7. The maximum absolute atomic E-state index is 10.7. The van der Waals surface area contributed by atoms with Crippen molar-refractivity contribution in [3.8, 4) is 0 Å². The molecule has 0 atom stereocenters. The van der Waals surface area contributed by atoms with E-state index in [9.17, 15) is 4.79 Å². The molecule has 0 saturated carbocycles. The second kappa shape index (κ2) is 19.2. The highest BCUT2D eigenvalue weighted by atomic mass is 32.1. The smallest absolute Gasteiger partial charge is 0.186 e. The summed E-state index contributed by atoms with van der Waals surface area (Å²) in [5, 5.41) is 0.421. The van der Waals surface area contributed by atoms with Gasteiger partial charge in [-0.25, -0.2) is 0 Å². The first kappa shape index (κ1) is 23.9. The van der Waals surface area contributed by atoms with Crippen LogP contribution < -0.4 is 0 Å². The van der Waals surface area contributed by atoms with Crippen LogP contribution in [0.3, 0.4) is 0 Å². The summed E-state index contributed by atoms with van der Waals surface area (Å²) < 4.78 is 5.44. The van der Waals surface area contributed by atoms with E-state index in [0.29, 0.717) is 24.5 Å². The Hall–Kier alpha value is -0.0900. The SMILES string of the molecule is CCCCCCCCCCCCCCCCOC(=S)CCC(=O)S. The third kappa shape index (κ3) is 20.0. The van der Waals surface area contributed by atoms with Crippen molar-refractivity contribution in [3.63, 3.8) is 0 Å². The largest absolute Gasteiger partial charge is 0.487 e. The number of rotatable bonds is 18. The van der Waals surface area contributed by atoms with Crippen molar-refractivity contribution in [1.82, 2.24) is 0 Å². The predicted molar refractivity (Wildman–Crippen MR) is 112 cm³/mol. The van der Waals surface area contributed by atoms with Crippen LogP contribution in [-0.2, 0) is 9.53 Å². The van der Waals surface area contributed by atoms with E-state index < -0.39 is 0 Å². The van der Waals surface area contributed by atoms with E-state index in [2.05, 4.69) is 19.6 Å². The van der Waals surface area contributed by atoms with E-state index in [-0.39, 0.29) is 5.12 Å². The normalized spacial score (nSPS) is 10.8. The fraction of sp³-hybridized carbons (Fsp3) is 0.900. The van der Waals surface area contributed by atoms with E-state index in [1.165, 1.54) is 83.5 Å². The standard InChI is InChI=1S/C20H38O2S2/c1-2-3-4-5-6-7-8-9-10-11-12-13-14-15-18-22-20(24)17-16-19(21)23/h2-18H2,1H3,(H,21,23). The minimum absolute atomic E-state index is 0.127. The summed E-state index contributed by atoms with van der Waals surface area (Å²) in [6, 6.07) is 0. The number of hydrogen-bond donors (Lipinski definition) is 1. The Balaban J connectivity index is 3.10. The highest BCUT2D eigenvalue weighted by molar-refractivity contribution is 7.96. The molecule has 0 heterocycles. The fourth-order valence-corrected chi connectivity index (χ4v) is 3.06. The molecule has 0 aliphatic heterocycles. The molecular weight excluding hydrogens is 336 g/mol. The van der Waals surface area contributed by atoms with Gasteiger partial charge in [-0.1, -0.05) is 90.4 Å². The molecule has 4 heteroatoms. The summed E-state index contributed by atoms with van der Waals surface area (Å²) in [6.07, 6.45) is 19.9. The molecule has 0 aromatic rings. The summed E-state index contributed by atoms with van der Waals surface area (Å²) in [5.41, 5.74) is 0. The van der Waals surface area contributed by atoms with Gasteiger partial charge < -0.3 is 4.74 Å². The Kier molecular flexibility index (Phi) is 19.2. The van der Waals surface area contributed by atoms with Crippen LogP contribution in [0.15, 0.2) is 0 Å².